The van der Waals surface area contributed by atoms with Gasteiger partial charge in [0.05, 0.1) is 4.90 Å². The Morgan fingerprint density at radius 3 is 2.57 bits per heavy atom. The number of likely N-dealkylation sites (tertiary alicyclic amines) is 1. The van der Waals surface area contributed by atoms with E-state index in [2.05, 4.69) is 58.3 Å². The maximum Gasteiger partial charge on any atom is 0.306 e. The second-order valence-corrected chi connectivity index (χ2v) is 14.8. The lowest BCUT2D eigenvalue weighted by Crippen LogP contribution is -2.36. The van der Waals surface area contributed by atoms with Gasteiger partial charge in [-0.2, -0.15) is 0 Å². The summed E-state index contributed by atoms with van der Waals surface area (Å²) in [7, 11) is -3.98. The molecule has 264 valence electrons. The third-order valence-electron chi connectivity index (χ3n) is 9.22. The average molecular weight is 714 g/mol. The van der Waals surface area contributed by atoms with Crippen LogP contribution in [0, 0.1) is 29.1 Å². The van der Waals surface area contributed by atoms with Crippen LogP contribution in [-0.2, 0) is 28.9 Å². The molecule has 2 fully saturated rings. The Hall–Kier alpha value is -3.92. The molecule has 1 saturated heterocycles. The van der Waals surface area contributed by atoms with Crippen molar-refractivity contribution in [3.8, 4) is 17.7 Å². The van der Waals surface area contributed by atoms with Crippen molar-refractivity contribution in [1.29, 1.82) is 0 Å². The molecule has 1 aliphatic carbocycles. The number of allylic oxidation sites excluding steroid dienone is 2. The number of hydrogen-bond donors (Lipinski definition) is 0. The summed E-state index contributed by atoms with van der Waals surface area (Å²) < 4.78 is 46.0. The summed E-state index contributed by atoms with van der Waals surface area (Å²) in [5.41, 5.74) is 2.24. The summed E-state index contributed by atoms with van der Waals surface area (Å²) in [5.74, 6) is 5.16. The quantitative estimate of drug-likeness (QED) is 0.0934. The Morgan fingerprint density at radius 2 is 1.84 bits per heavy atom. The van der Waals surface area contributed by atoms with Gasteiger partial charge in [-0.05, 0) is 71.8 Å². The van der Waals surface area contributed by atoms with E-state index in [1.54, 1.807) is 18.2 Å². The summed E-state index contributed by atoms with van der Waals surface area (Å²) in [6.07, 6.45) is 6.09. The number of rotatable bonds is 16. The third-order valence-corrected chi connectivity index (χ3v) is 11.2. The van der Waals surface area contributed by atoms with E-state index in [1.807, 2.05) is 6.08 Å². The Morgan fingerprint density at radius 1 is 1.10 bits per heavy atom. The molecule has 1 aromatic heterocycles. The summed E-state index contributed by atoms with van der Waals surface area (Å²) in [6, 6.07) is 7.68. The smallest absolute Gasteiger partial charge is 0.306 e. The number of sulfone groups is 1. The van der Waals surface area contributed by atoms with Crippen LogP contribution in [0.5, 0.6) is 5.88 Å². The molecule has 1 saturated carbocycles. The maximum absolute atomic E-state index is 12.7. The summed E-state index contributed by atoms with van der Waals surface area (Å²) in [5, 5.41) is 6.48. The molecule has 0 spiro atoms. The van der Waals surface area contributed by atoms with Gasteiger partial charge in [0, 0.05) is 38.4 Å². The van der Waals surface area contributed by atoms with Crippen LogP contribution in [0.1, 0.15) is 51.9 Å². The molecule has 1 unspecified atom stereocenters. The van der Waals surface area contributed by atoms with Gasteiger partial charge in [0.1, 0.15) is 6.10 Å². The molecular weight excluding hydrogens is 670 g/mol. The normalized spacial score (nSPS) is 22.4. The van der Waals surface area contributed by atoms with Crippen molar-refractivity contribution in [2.75, 3.05) is 38.7 Å². The lowest BCUT2D eigenvalue weighted by Gasteiger charge is -2.44. The second-order valence-electron chi connectivity index (χ2n) is 12.7. The monoisotopic (exact) mass is 713 g/mol. The first-order valence-corrected chi connectivity index (χ1v) is 18.3. The summed E-state index contributed by atoms with van der Waals surface area (Å²) in [6.45, 7) is 16.8. The SMILES string of the molecule is C=C[C@]1(C)CC[C@@H](C(=C)CN2CCC(OC(=O)CCCC(=O)OCC#CCOc3nonc3S(=O)(=O)c3ccccc3)C2)C[C@H]1C(=C)CCl. The predicted molar refractivity (Wildman–Crippen MR) is 183 cm³/mol. The van der Waals surface area contributed by atoms with E-state index < -0.39 is 20.8 Å². The molecule has 0 N–H and O–H groups in total. The number of carbonyl (C=O) groups is 2. The molecule has 1 aromatic carbocycles. The van der Waals surface area contributed by atoms with Gasteiger partial charge in [0.2, 0.25) is 9.84 Å². The first-order chi connectivity index (χ1) is 23.5. The molecule has 49 heavy (non-hydrogen) atoms. The van der Waals surface area contributed by atoms with Crippen LogP contribution in [0.2, 0.25) is 0 Å². The molecule has 0 amide bonds. The molecule has 2 aromatic rings. The van der Waals surface area contributed by atoms with Gasteiger partial charge in [-0.15, -0.1) is 18.2 Å². The highest BCUT2D eigenvalue weighted by molar-refractivity contribution is 7.91. The Kier molecular flexibility index (Phi) is 13.6. The van der Waals surface area contributed by atoms with E-state index in [0.717, 1.165) is 44.3 Å². The van der Waals surface area contributed by atoms with Gasteiger partial charge in [0.15, 0.2) is 13.2 Å². The minimum Gasteiger partial charge on any atom is -0.461 e. The molecule has 1 aliphatic heterocycles. The van der Waals surface area contributed by atoms with Crippen LogP contribution >= 0.6 is 11.6 Å². The topological polar surface area (TPSA) is 138 Å². The van der Waals surface area contributed by atoms with Gasteiger partial charge in [-0.3, -0.25) is 14.5 Å². The Bertz CT molecular complexity index is 1670. The van der Waals surface area contributed by atoms with Gasteiger partial charge in [-0.1, -0.05) is 67.3 Å². The van der Waals surface area contributed by atoms with Crippen molar-refractivity contribution >= 4 is 33.4 Å². The summed E-state index contributed by atoms with van der Waals surface area (Å²) in [4.78, 5) is 26.8. The average Bonchev–Trinajstić information content (AvgIpc) is 3.76. The number of ether oxygens (including phenoxy) is 3. The van der Waals surface area contributed by atoms with E-state index in [9.17, 15) is 18.0 Å². The van der Waals surface area contributed by atoms with Crippen molar-refractivity contribution in [1.82, 2.24) is 15.2 Å². The fraction of sp³-hybridized carbons (Fsp3) is 0.500. The van der Waals surface area contributed by atoms with Crippen LogP contribution < -0.4 is 4.74 Å². The van der Waals surface area contributed by atoms with Crippen LogP contribution in [0.25, 0.3) is 0 Å². The van der Waals surface area contributed by atoms with Crippen molar-refractivity contribution in [3.63, 3.8) is 0 Å². The highest BCUT2D eigenvalue weighted by Gasteiger charge is 2.40. The van der Waals surface area contributed by atoms with Gasteiger partial charge in [-0.25, -0.2) is 13.0 Å². The third kappa shape index (κ3) is 10.3. The number of aromatic nitrogens is 2. The largest absolute Gasteiger partial charge is 0.461 e. The maximum atomic E-state index is 12.7. The molecular formula is C36H44ClN3O8S. The highest BCUT2D eigenvalue weighted by atomic mass is 35.5. The van der Waals surface area contributed by atoms with Crippen LogP contribution in [0.3, 0.4) is 0 Å². The van der Waals surface area contributed by atoms with Gasteiger partial charge >= 0.3 is 11.9 Å². The zero-order valence-corrected chi connectivity index (χ0v) is 29.5. The van der Waals surface area contributed by atoms with Crippen molar-refractivity contribution < 1.29 is 36.8 Å². The number of esters is 2. The van der Waals surface area contributed by atoms with Gasteiger partial charge < -0.3 is 14.2 Å². The fourth-order valence-corrected chi connectivity index (χ4v) is 7.66. The number of hydrogen-bond acceptors (Lipinski definition) is 11. The first-order valence-electron chi connectivity index (χ1n) is 16.3. The molecule has 0 bridgehead atoms. The molecule has 13 heteroatoms. The fourth-order valence-electron chi connectivity index (χ4n) is 6.28. The zero-order chi connectivity index (χ0) is 35.4. The highest BCUT2D eigenvalue weighted by Crippen LogP contribution is 2.49. The minimum absolute atomic E-state index is 0.00174. The van der Waals surface area contributed by atoms with E-state index in [-0.39, 0.29) is 60.2 Å². The number of alkyl halides is 1. The predicted octanol–water partition coefficient (Wildman–Crippen LogP) is 5.58. The molecule has 11 nitrogen and oxygen atoms in total. The Balaban J connectivity index is 1.09. The van der Waals surface area contributed by atoms with E-state index >= 15 is 0 Å². The molecule has 4 rings (SSSR count). The number of halogens is 1. The lowest BCUT2D eigenvalue weighted by atomic mass is 9.61. The first kappa shape index (κ1) is 37.9. The zero-order valence-electron chi connectivity index (χ0n) is 27.9. The molecule has 0 radical (unpaired) electrons. The minimum atomic E-state index is -3.98. The van der Waals surface area contributed by atoms with Crippen LogP contribution in [0.4, 0.5) is 0 Å². The lowest BCUT2D eigenvalue weighted by molar-refractivity contribution is -0.148. The molecule has 2 heterocycles. The van der Waals surface area contributed by atoms with E-state index in [4.69, 9.17) is 25.8 Å². The second kappa shape index (κ2) is 17.7. The molecule has 2 aliphatic rings. The van der Waals surface area contributed by atoms with Gasteiger partial charge in [0.25, 0.3) is 10.9 Å². The van der Waals surface area contributed by atoms with E-state index in [0.29, 0.717) is 24.8 Å². The Labute approximate surface area is 293 Å². The number of benzene rings is 1. The number of carbonyl (C=O) groups excluding carboxylic acids is 2. The molecule has 4 atom stereocenters. The van der Waals surface area contributed by atoms with Crippen LogP contribution in [-0.4, -0.2) is 80.4 Å². The van der Waals surface area contributed by atoms with Crippen molar-refractivity contribution in [2.24, 2.45) is 17.3 Å². The summed E-state index contributed by atoms with van der Waals surface area (Å²) >= 11 is 6.16. The van der Waals surface area contributed by atoms with Crippen molar-refractivity contribution in [3.05, 3.63) is 67.3 Å². The standard InChI is InChI=1S/C36H44ClN3O8S/c1-5-36(4)18-16-28(22-31(36)26(2)23-37)27(3)24-40-19-17-29(25-40)47-33(42)15-11-14-32(41)45-20-9-10-21-46-34-35(39-48-38-34)49(43,44)30-12-7-6-8-13-30/h5-8,12-13,28-29,31H,1-3,11,14-25H2,4H3/t28-,29?,31+,36-/m1/s1. The van der Waals surface area contributed by atoms with Crippen LogP contribution in [0.15, 0.2) is 81.8 Å². The number of nitrogens with zero attached hydrogens (tertiary/aromatic N) is 3. The van der Waals surface area contributed by atoms with Crippen molar-refractivity contribution in [2.45, 2.75) is 67.9 Å². The van der Waals surface area contributed by atoms with E-state index in [1.165, 1.54) is 17.7 Å².